The van der Waals surface area contributed by atoms with E-state index in [1.54, 1.807) is 24.3 Å². The summed E-state index contributed by atoms with van der Waals surface area (Å²) in [6.45, 7) is 4.96. The minimum Gasteiger partial charge on any atom is -0.326 e. The summed E-state index contributed by atoms with van der Waals surface area (Å²) in [7, 11) is 0. The van der Waals surface area contributed by atoms with E-state index in [4.69, 9.17) is 0 Å². The molecule has 0 spiro atoms. The Morgan fingerprint density at radius 2 is 1.59 bits per heavy atom. The molecule has 2 amide bonds. The van der Waals surface area contributed by atoms with Gasteiger partial charge in [0.1, 0.15) is 0 Å². The first-order chi connectivity index (χ1) is 13.9. The van der Waals surface area contributed by atoms with Gasteiger partial charge in [-0.05, 0) is 38.1 Å². The van der Waals surface area contributed by atoms with Gasteiger partial charge in [-0.1, -0.05) is 30.3 Å². The van der Waals surface area contributed by atoms with E-state index in [0.717, 1.165) is 31.6 Å². The van der Waals surface area contributed by atoms with E-state index >= 15 is 0 Å². The van der Waals surface area contributed by atoms with E-state index in [9.17, 15) is 14.4 Å². The Kier molecular flexibility index (Phi) is 6.77. The maximum Gasteiger partial charge on any atom is 0.282 e. The predicted octanol–water partition coefficient (Wildman–Crippen LogP) is 2.15. The number of hydrogen-bond acceptors (Lipinski definition) is 3. The third kappa shape index (κ3) is 5.51. The molecule has 0 saturated carbocycles. The zero-order valence-corrected chi connectivity index (χ0v) is 16.9. The van der Waals surface area contributed by atoms with Crippen LogP contribution >= 0.6 is 0 Å². The molecule has 1 aliphatic heterocycles. The van der Waals surface area contributed by atoms with Gasteiger partial charge < -0.3 is 15.5 Å². The largest absolute Gasteiger partial charge is 0.326 e. The Balaban J connectivity index is 1.51. The van der Waals surface area contributed by atoms with E-state index in [1.807, 2.05) is 37.3 Å². The molecule has 152 valence electrons. The zero-order valence-electron chi connectivity index (χ0n) is 16.9. The van der Waals surface area contributed by atoms with Crippen LogP contribution in [0.3, 0.4) is 0 Å². The van der Waals surface area contributed by atoms with Gasteiger partial charge in [0.05, 0.1) is 13.1 Å². The van der Waals surface area contributed by atoms with Crippen molar-refractivity contribution in [2.75, 3.05) is 23.7 Å². The van der Waals surface area contributed by atoms with E-state index in [1.165, 1.54) is 11.8 Å². The predicted molar refractivity (Wildman–Crippen MR) is 113 cm³/mol. The monoisotopic (exact) mass is 394 g/mol. The van der Waals surface area contributed by atoms with E-state index in [-0.39, 0.29) is 29.6 Å². The summed E-state index contributed by atoms with van der Waals surface area (Å²) >= 11 is 0. The van der Waals surface area contributed by atoms with Crippen LogP contribution in [0.2, 0.25) is 0 Å². The molecule has 0 bridgehead atoms. The lowest BCUT2D eigenvalue weighted by molar-refractivity contribution is -0.919. The second-order valence-electron chi connectivity index (χ2n) is 7.64. The Morgan fingerprint density at radius 1 is 0.931 bits per heavy atom. The number of amides is 2. The highest BCUT2D eigenvalue weighted by Gasteiger charge is 2.33. The molecule has 1 heterocycles. The van der Waals surface area contributed by atoms with Gasteiger partial charge in [0.2, 0.25) is 5.91 Å². The number of carbonyl (C=O) groups is 3. The first kappa shape index (κ1) is 20.7. The molecule has 1 atom stereocenters. The highest BCUT2D eigenvalue weighted by atomic mass is 16.2. The van der Waals surface area contributed by atoms with E-state index in [2.05, 4.69) is 10.6 Å². The number of carbonyl (C=O) groups excluding carboxylic acids is 3. The van der Waals surface area contributed by atoms with Gasteiger partial charge in [-0.2, -0.15) is 0 Å². The smallest absolute Gasteiger partial charge is 0.282 e. The van der Waals surface area contributed by atoms with Crippen molar-refractivity contribution >= 4 is 29.0 Å². The van der Waals surface area contributed by atoms with Gasteiger partial charge in [0, 0.05) is 35.7 Å². The van der Waals surface area contributed by atoms with Gasteiger partial charge >= 0.3 is 0 Å². The number of benzene rings is 2. The van der Waals surface area contributed by atoms with Gasteiger partial charge in [-0.15, -0.1) is 0 Å². The number of likely N-dealkylation sites (tertiary alicyclic amines) is 1. The molecule has 0 unspecified atom stereocenters. The Hall–Kier alpha value is -2.99. The van der Waals surface area contributed by atoms with Crippen molar-refractivity contribution in [2.45, 2.75) is 32.7 Å². The van der Waals surface area contributed by atoms with E-state index in [0.29, 0.717) is 11.3 Å². The quantitative estimate of drug-likeness (QED) is 0.657. The first-order valence-corrected chi connectivity index (χ1v) is 10.1. The molecule has 6 heteroatoms. The lowest BCUT2D eigenvalue weighted by Crippen LogP contribution is -3.17. The lowest BCUT2D eigenvalue weighted by Gasteiger charge is -2.32. The summed E-state index contributed by atoms with van der Waals surface area (Å²) in [6, 6.07) is 16.2. The van der Waals surface area contributed by atoms with Gasteiger partial charge in [-0.3, -0.25) is 14.4 Å². The van der Waals surface area contributed by atoms with Crippen LogP contribution in [0.5, 0.6) is 0 Å². The van der Waals surface area contributed by atoms with Crippen molar-refractivity contribution < 1.29 is 19.3 Å². The Morgan fingerprint density at radius 3 is 2.24 bits per heavy atom. The highest BCUT2D eigenvalue weighted by molar-refractivity contribution is 5.98. The number of anilines is 2. The Labute approximate surface area is 171 Å². The molecule has 2 aromatic rings. The molecular formula is C23H28N3O3+. The molecule has 6 nitrogen and oxygen atoms in total. The zero-order chi connectivity index (χ0) is 20.8. The van der Waals surface area contributed by atoms with Crippen LogP contribution in [-0.2, 0) is 9.59 Å². The molecule has 3 N–H and O–H groups in total. The SMILES string of the molecule is CC(=O)c1cccc(NC(=O)[C@@H](C)[NH+]2CCC(C(=O)Nc3ccccc3)CC2)c1. The molecule has 0 radical (unpaired) electrons. The fourth-order valence-electron chi connectivity index (χ4n) is 3.70. The van der Waals surface area contributed by atoms with Crippen LogP contribution < -0.4 is 15.5 Å². The van der Waals surface area contributed by atoms with Gasteiger partial charge in [0.25, 0.3) is 5.91 Å². The van der Waals surface area contributed by atoms with Crippen molar-refractivity contribution in [3.8, 4) is 0 Å². The van der Waals surface area contributed by atoms with Crippen molar-refractivity contribution in [2.24, 2.45) is 5.92 Å². The average molecular weight is 394 g/mol. The molecule has 2 aromatic carbocycles. The highest BCUT2D eigenvalue weighted by Crippen LogP contribution is 2.15. The number of rotatable bonds is 6. The van der Waals surface area contributed by atoms with E-state index < -0.39 is 0 Å². The number of ketones is 1. The van der Waals surface area contributed by atoms with Crippen molar-refractivity contribution in [1.29, 1.82) is 0 Å². The summed E-state index contributed by atoms with van der Waals surface area (Å²) in [5.41, 5.74) is 2.02. The van der Waals surface area contributed by atoms with Crippen molar-refractivity contribution in [1.82, 2.24) is 0 Å². The number of para-hydroxylation sites is 1. The summed E-state index contributed by atoms with van der Waals surface area (Å²) < 4.78 is 0. The lowest BCUT2D eigenvalue weighted by atomic mass is 9.94. The summed E-state index contributed by atoms with van der Waals surface area (Å²) in [4.78, 5) is 37.8. The molecular weight excluding hydrogens is 366 g/mol. The fraction of sp³-hybridized carbons (Fsp3) is 0.348. The minimum absolute atomic E-state index is 0.0264. The molecule has 1 saturated heterocycles. The Bertz CT molecular complexity index is 874. The van der Waals surface area contributed by atoms with Crippen LogP contribution in [0.1, 0.15) is 37.0 Å². The molecule has 3 rings (SSSR count). The third-order valence-corrected chi connectivity index (χ3v) is 5.58. The fourth-order valence-corrected chi connectivity index (χ4v) is 3.70. The number of quaternary nitrogens is 1. The summed E-state index contributed by atoms with van der Waals surface area (Å²) in [5, 5.41) is 5.88. The molecule has 29 heavy (non-hydrogen) atoms. The minimum atomic E-state index is -0.228. The molecule has 0 aromatic heterocycles. The topological polar surface area (TPSA) is 79.7 Å². The van der Waals surface area contributed by atoms with Crippen LogP contribution in [0.4, 0.5) is 11.4 Å². The summed E-state index contributed by atoms with van der Waals surface area (Å²) in [6.07, 6.45) is 1.51. The van der Waals surface area contributed by atoms with Crippen molar-refractivity contribution in [3.05, 3.63) is 60.2 Å². The molecule has 0 aliphatic carbocycles. The standard InChI is InChI=1S/C23H27N3O3/c1-16(22(28)25-21-10-6-7-19(15-21)17(2)27)26-13-11-18(12-14-26)23(29)24-20-8-4-3-5-9-20/h3-10,15-16,18H,11-14H2,1-2H3,(H,24,29)(H,25,28)/p+1/t16-/m1/s1. The van der Waals surface area contributed by atoms with Crippen LogP contribution in [0.25, 0.3) is 0 Å². The third-order valence-electron chi connectivity index (χ3n) is 5.58. The number of hydrogen-bond donors (Lipinski definition) is 3. The maximum absolute atomic E-state index is 12.7. The van der Waals surface area contributed by atoms with Gasteiger partial charge in [0.15, 0.2) is 11.8 Å². The summed E-state index contributed by atoms with van der Waals surface area (Å²) in [5.74, 6) is -0.0848. The molecule has 1 aliphatic rings. The second kappa shape index (κ2) is 9.47. The first-order valence-electron chi connectivity index (χ1n) is 10.1. The van der Waals surface area contributed by atoms with Crippen LogP contribution in [0, 0.1) is 5.92 Å². The molecule has 1 fully saturated rings. The second-order valence-corrected chi connectivity index (χ2v) is 7.64. The average Bonchev–Trinajstić information content (AvgIpc) is 2.74. The maximum atomic E-state index is 12.7. The van der Waals surface area contributed by atoms with Crippen LogP contribution in [0.15, 0.2) is 54.6 Å². The number of piperidine rings is 1. The van der Waals surface area contributed by atoms with Crippen LogP contribution in [-0.4, -0.2) is 36.7 Å². The van der Waals surface area contributed by atoms with Gasteiger partial charge in [-0.25, -0.2) is 0 Å². The normalized spacial score (nSPS) is 19.8. The number of Topliss-reactive ketones (excluding diaryl/α,β-unsaturated/α-hetero) is 1. The van der Waals surface area contributed by atoms with Crippen molar-refractivity contribution in [3.63, 3.8) is 0 Å². The number of nitrogens with one attached hydrogen (secondary N) is 3.